The number of ketones is 1. The first-order valence-electron chi connectivity index (χ1n) is 13.1. The Balaban J connectivity index is 1.60. The summed E-state index contributed by atoms with van der Waals surface area (Å²) in [5, 5.41) is 2.45. The molecule has 3 unspecified atom stereocenters. The summed E-state index contributed by atoms with van der Waals surface area (Å²) in [6.07, 6.45) is 0. The first kappa shape index (κ1) is 22.1. The van der Waals surface area contributed by atoms with E-state index in [1.54, 1.807) is 0 Å². The number of rotatable bonds is 2. The number of benzene rings is 4. The SMILES string of the molecule is Cc1c(C23c4ccccc4C(=O)C2C(c2ccc(Br)cc2)c2c(C)c4ccccc4n23)[nH]c2ccccc12. The molecule has 4 aromatic carbocycles. The molecule has 1 N–H and O–H groups in total. The minimum absolute atomic E-state index is 0.0822. The third-order valence-corrected chi connectivity index (χ3v) is 9.60. The molecule has 0 saturated heterocycles. The Morgan fingerprint density at radius 3 is 2.26 bits per heavy atom. The molecular formula is C34H25BrN2O. The van der Waals surface area contributed by atoms with E-state index in [1.165, 1.54) is 38.7 Å². The number of aryl methyl sites for hydroxylation is 2. The van der Waals surface area contributed by atoms with E-state index >= 15 is 0 Å². The summed E-state index contributed by atoms with van der Waals surface area (Å²) in [4.78, 5) is 18.5. The monoisotopic (exact) mass is 556 g/mol. The number of fused-ring (bicyclic) bond motifs is 8. The molecule has 1 aliphatic carbocycles. The van der Waals surface area contributed by atoms with Crippen molar-refractivity contribution in [1.29, 1.82) is 0 Å². The van der Waals surface area contributed by atoms with E-state index in [-0.39, 0.29) is 17.6 Å². The number of aromatic amines is 1. The van der Waals surface area contributed by atoms with Gasteiger partial charge in [0.2, 0.25) is 0 Å². The molecule has 3 heterocycles. The average molecular weight is 557 g/mol. The minimum atomic E-state index is -0.683. The van der Waals surface area contributed by atoms with Gasteiger partial charge in [0.25, 0.3) is 0 Å². The van der Waals surface area contributed by atoms with Crippen LogP contribution in [-0.2, 0) is 5.54 Å². The largest absolute Gasteiger partial charge is 0.356 e. The number of H-pyrrole nitrogens is 1. The predicted octanol–water partition coefficient (Wildman–Crippen LogP) is 8.25. The van der Waals surface area contributed by atoms with Gasteiger partial charge in [-0.1, -0.05) is 88.7 Å². The lowest BCUT2D eigenvalue weighted by Crippen LogP contribution is -2.39. The molecule has 184 valence electrons. The number of para-hydroxylation sites is 2. The summed E-state index contributed by atoms with van der Waals surface area (Å²) < 4.78 is 3.56. The molecule has 3 atom stereocenters. The normalized spacial score (nSPS) is 21.7. The average Bonchev–Trinajstić information content (AvgIpc) is 3.62. The van der Waals surface area contributed by atoms with Crippen molar-refractivity contribution in [3.63, 3.8) is 0 Å². The van der Waals surface area contributed by atoms with Gasteiger partial charge in [0.05, 0.1) is 11.6 Å². The summed E-state index contributed by atoms with van der Waals surface area (Å²) in [5.74, 6) is -0.161. The molecule has 0 spiro atoms. The second kappa shape index (κ2) is 7.58. The Bertz CT molecular complexity index is 1940. The lowest BCUT2D eigenvalue weighted by atomic mass is 9.72. The van der Waals surface area contributed by atoms with Crippen molar-refractivity contribution in [2.75, 3.05) is 0 Å². The summed E-state index contributed by atoms with van der Waals surface area (Å²) in [5.41, 5.74) is 9.49. The van der Waals surface area contributed by atoms with Gasteiger partial charge in [-0.25, -0.2) is 0 Å². The molecule has 2 aliphatic rings. The smallest absolute Gasteiger partial charge is 0.170 e. The maximum Gasteiger partial charge on any atom is 0.170 e. The number of hydrogen-bond acceptors (Lipinski definition) is 1. The Morgan fingerprint density at radius 2 is 1.47 bits per heavy atom. The zero-order valence-electron chi connectivity index (χ0n) is 21.1. The molecule has 8 rings (SSSR count). The van der Waals surface area contributed by atoms with Gasteiger partial charge in [0.15, 0.2) is 5.78 Å². The topological polar surface area (TPSA) is 37.8 Å². The van der Waals surface area contributed by atoms with Gasteiger partial charge in [-0.05, 0) is 60.4 Å². The number of nitrogens with zero attached hydrogens (tertiary/aromatic N) is 1. The molecule has 0 saturated carbocycles. The fourth-order valence-corrected chi connectivity index (χ4v) is 7.89. The first-order valence-corrected chi connectivity index (χ1v) is 13.9. The molecular weight excluding hydrogens is 532 g/mol. The Labute approximate surface area is 229 Å². The van der Waals surface area contributed by atoms with Gasteiger partial charge in [0.1, 0.15) is 5.54 Å². The number of hydrogen-bond donors (Lipinski definition) is 1. The van der Waals surface area contributed by atoms with Crippen LogP contribution in [-0.4, -0.2) is 15.3 Å². The van der Waals surface area contributed by atoms with Gasteiger partial charge < -0.3 is 9.55 Å². The maximum atomic E-state index is 14.6. The van der Waals surface area contributed by atoms with E-state index in [9.17, 15) is 4.79 Å². The van der Waals surface area contributed by atoms with Gasteiger partial charge in [-0.2, -0.15) is 0 Å². The molecule has 0 radical (unpaired) electrons. The Hall–Kier alpha value is -3.89. The number of carbonyl (C=O) groups is 1. The second-order valence-corrected chi connectivity index (χ2v) is 11.6. The van der Waals surface area contributed by atoms with Crippen LogP contribution < -0.4 is 0 Å². The van der Waals surface area contributed by atoms with Crippen LogP contribution in [0.15, 0.2) is 102 Å². The third-order valence-electron chi connectivity index (χ3n) is 9.07. The van der Waals surface area contributed by atoms with E-state index in [4.69, 9.17) is 0 Å². The molecule has 38 heavy (non-hydrogen) atoms. The summed E-state index contributed by atoms with van der Waals surface area (Å²) in [6, 6.07) is 34.0. The fourth-order valence-electron chi connectivity index (χ4n) is 7.62. The molecule has 0 fully saturated rings. The maximum absolute atomic E-state index is 14.6. The summed E-state index contributed by atoms with van der Waals surface area (Å²) >= 11 is 3.62. The van der Waals surface area contributed by atoms with E-state index in [0.717, 1.165) is 26.8 Å². The standard InChI is InChI=1S/C34H25BrN2O/c1-19-24-10-5-8-14-28(24)37-31(19)29(21-15-17-22(35)18-16-21)30-32(38)25-11-3-6-12-26(25)34(30,37)33-20(2)23-9-4-7-13-27(23)36-33/h3-18,29-30,36H,1-2H3. The molecule has 4 heteroatoms. The van der Waals surface area contributed by atoms with E-state index in [1.807, 2.05) is 12.1 Å². The molecule has 0 bridgehead atoms. The molecule has 3 nitrogen and oxygen atoms in total. The van der Waals surface area contributed by atoms with Crippen molar-refractivity contribution in [1.82, 2.24) is 9.55 Å². The predicted molar refractivity (Wildman–Crippen MR) is 156 cm³/mol. The number of nitrogens with one attached hydrogen (secondary N) is 1. The van der Waals surface area contributed by atoms with Crippen LogP contribution in [0.1, 0.15) is 49.9 Å². The van der Waals surface area contributed by atoms with E-state index in [2.05, 4.69) is 124 Å². The zero-order valence-corrected chi connectivity index (χ0v) is 22.7. The van der Waals surface area contributed by atoms with Crippen LogP contribution >= 0.6 is 15.9 Å². The number of Topliss-reactive ketones (excluding diaryl/α,β-unsaturated/α-hetero) is 1. The number of aromatic nitrogens is 2. The van der Waals surface area contributed by atoms with Crippen molar-refractivity contribution in [3.05, 3.63) is 141 Å². The zero-order chi connectivity index (χ0) is 25.8. The highest BCUT2D eigenvalue weighted by Gasteiger charge is 2.64. The van der Waals surface area contributed by atoms with Gasteiger partial charge in [-0.15, -0.1) is 0 Å². The molecule has 2 aromatic heterocycles. The number of halogens is 1. The van der Waals surface area contributed by atoms with Crippen molar-refractivity contribution < 1.29 is 4.79 Å². The van der Waals surface area contributed by atoms with E-state index in [0.29, 0.717) is 0 Å². The van der Waals surface area contributed by atoms with Crippen LogP contribution in [0.25, 0.3) is 21.8 Å². The van der Waals surface area contributed by atoms with Gasteiger partial charge >= 0.3 is 0 Å². The van der Waals surface area contributed by atoms with Crippen LogP contribution in [0.4, 0.5) is 0 Å². The number of carbonyl (C=O) groups excluding carboxylic acids is 1. The van der Waals surface area contributed by atoms with Gasteiger partial charge in [-0.3, -0.25) is 4.79 Å². The Kier molecular flexibility index (Phi) is 4.41. The van der Waals surface area contributed by atoms with Crippen LogP contribution in [0.2, 0.25) is 0 Å². The van der Waals surface area contributed by atoms with Crippen LogP contribution in [0.5, 0.6) is 0 Å². The quantitative estimate of drug-likeness (QED) is 0.229. The van der Waals surface area contributed by atoms with Crippen LogP contribution in [0, 0.1) is 19.8 Å². The van der Waals surface area contributed by atoms with Crippen LogP contribution in [0.3, 0.4) is 0 Å². The second-order valence-electron chi connectivity index (χ2n) is 10.7. The summed E-state index contributed by atoms with van der Waals surface area (Å²) in [6.45, 7) is 4.43. The fraction of sp³-hybridized carbons (Fsp3) is 0.147. The minimum Gasteiger partial charge on any atom is -0.356 e. The molecule has 1 aliphatic heterocycles. The highest BCUT2D eigenvalue weighted by atomic mass is 79.9. The van der Waals surface area contributed by atoms with E-state index < -0.39 is 5.54 Å². The van der Waals surface area contributed by atoms with Gasteiger partial charge in [0, 0.05) is 43.5 Å². The first-order chi connectivity index (χ1) is 18.5. The lowest BCUT2D eigenvalue weighted by molar-refractivity contribution is 0.0895. The van der Waals surface area contributed by atoms with Crippen molar-refractivity contribution in [3.8, 4) is 0 Å². The molecule has 0 amide bonds. The lowest BCUT2D eigenvalue weighted by Gasteiger charge is -2.34. The third kappa shape index (κ3) is 2.52. The highest BCUT2D eigenvalue weighted by molar-refractivity contribution is 9.10. The summed E-state index contributed by atoms with van der Waals surface area (Å²) in [7, 11) is 0. The highest BCUT2D eigenvalue weighted by Crippen LogP contribution is 2.63. The van der Waals surface area contributed by atoms with Crippen molar-refractivity contribution in [2.45, 2.75) is 25.3 Å². The van der Waals surface area contributed by atoms with Crippen molar-refractivity contribution >= 4 is 43.5 Å². The van der Waals surface area contributed by atoms with Crippen molar-refractivity contribution in [2.24, 2.45) is 5.92 Å². The molecule has 6 aromatic rings. The Morgan fingerprint density at radius 1 is 0.789 bits per heavy atom.